The summed E-state index contributed by atoms with van der Waals surface area (Å²) in [5.41, 5.74) is 5.61. The molecule has 0 spiro atoms. The van der Waals surface area contributed by atoms with Crippen molar-refractivity contribution >= 4 is 45.3 Å². The average molecular weight is 441 g/mol. The summed E-state index contributed by atoms with van der Waals surface area (Å²) in [4.78, 5) is 46.0. The van der Waals surface area contributed by atoms with Crippen molar-refractivity contribution in [3.05, 3.63) is 0 Å². The Labute approximate surface area is 171 Å². The van der Waals surface area contributed by atoms with Gasteiger partial charge in [-0.25, -0.2) is 0 Å². The molecule has 3 unspecified atom stereocenters. The minimum absolute atomic E-state index is 0.104. The van der Waals surface area contributed by atoms with Crippen LogP contribution in [0, 0.1) is 0 Å². The third kappa shape index (κ3) is 12.0. The predicted octanol–water partition coefficient (Wildman–Crippen LogP) is -2.04. The molecular formula is C15H28N4O7S2. The number of aliphatic hydroxyl groups excluding tert-OH is 1. The molecule has 0 aromatic heterocycles. The molecule has 3 atom stereocenters. The first kappa shape index (κ1) is 26.5. The second kappa shape index (κ2) is 15.4. The molecule has 2 amide bonds. The molecule has 0 bridgehead atoms. The topological polar surface area (TPSA) is 169 Å². The minimum atomic E-state index is -1.12. The number of esters is 2. The van der Waals surface area contributed by atoms with E-state index in [1.165, 1.54) is 42.9 Å². The van der Waals surface area contributed by atoms with Crippen LogP contribution >= 0.6 is 21.6 Å². The number of hydrogen-bond donors (Lipinski definition) is 5. The molecule has 0 rings (SSSR count). The van der Waals surface area contributed by atoms with Gasteiger partial charge in [0.15, 0.2) is 0 Å². The van der Waals surface area contributed by atoms with Gasteiger partial charge in [-0.15, -0.1) is 0 Å². The van der Waals surface area contributed by atoms with E-state index in [4.69, 9.17) is 5.73 Å². The van der Waals surface area contributed by atoms with Gasteiger partial charge in [-0.2, -0.15) is 0 Å². The smallest absolute Gasteiger partial charge is 0.325 e. The fourth-order valence-corrected chi connectivity index (χ4v) is 3.84. The van der Waals surface area contributed by atoms with Gasteiger partial charge in [0.25, 0.3) is 0 Å². The van der Waals surface area contributed by atoms with E-state index in [1.54, 1.807) is 0 Å². The number of aliphatic hydroxyl groups is 1. The van der Waals surface area contributed by atoms with E-state index >= 15 is 0 Å². The first-order valence-electron chi connectivity index (χ1n) is 8.32. The number of hydrogen-bond acceptors (Lipinski definition) is 11. The lowest BCUT2D eigenvalue weighted by Gasteiger charge is -2.22. The summed E-state index contributed by atoms with van der Waals surface area (Å²) in [6.07, 6.45) is -0.864. The van der Waals surface area contributed by atoms with Gasteiger partial charge < -0.3 is 30.9 Å². The summed E-state index contributed by atoms with van der Waals surface area (Å²) in [6.45, 7) is -0.313. The zero-order valence-electron chi connectivity index (χ0n) is 16.1. The largest absolute Gasteiger partial charge is 0.468 e. The Morgan fingerprint density at radius 1 is 1.11 bits per heavy atom. The summed E-state index contributed by atoms with van der Waals surface area (Å²) < 4.78 is 8.97. The number of carbonyl (C=O) groups excluding carboxylic acids is 4. The normalized spacial score (nSPS) is 13.8. The Morgan fingerprint density at radius 3 is 2.36 bits per heavy atom. The molecular weight excluding hydrogens is 412 g/mol. The number of carbonyl (C=O) groups is 4. The molecule has 0 aliphatic heterocycles. The van der Waals surface area contributed by atoms with Crippen LogP contribution in [0.15, 0.2) is 0 Å². The third-order valence-electron chi connectivity index (χ3n) is 3.39. The Hall–Kier alpha value is -1.54. The first-order chi connectivity index (χ1) is 13.2. The van der Waals surface area contributed by atoms with Crippen LogP contribution in [0.5, 0.6) is 0 Å². The van der Waals surface area contributed by atoms with E-state index in [0.717, 1.165) is 0 Å². The second-order valence-corrected chi connectivity index (χ2v) is 7.96. The van der Waals surface area contributed by atoms with E-state index in [-0.39, 0.29) is 36.8 Å². The standard InChI is InChI=1S/C15H28N4O7S2/c1-17-12(21)8-28-27-7-10(14(23)18-6-13(22)25-2)19-11(20)5-4-9(16)15(24)26-3/h9-11,19-20H,4-8,16H2,1-3H3,(H,17,21)(H,18,23). The number of nitrogens with two attached hydrogens (primary N) is 1. The molecule has 0 aromatic rings. The molecule has 0 radical (unpaired) electrons. The van der Waals surface area contributed by atoms with E-state index in [0.29, 0.717) is 0 Å². The van der Waals surface area contributed by atoms with Crippen LogP contribution in [0.2, 0.25) is 0 Å². The van der Waals surface area contributed by atoms with Crippen molar-refractivity contribution in [1.82, 2.24) is 16.0 Å². The Morgan fingerprint density at radius 2 is 1.79 bits per heavy atom. The zero-order chi connectivity index (χ0) is 21.5. The molecule has 0 saturated carbocycles. The van der Waals surface area contributed by atoms with Crippen molar-refractivity contribution in [2.75, 3.05) is 39.3 Å². The molecule has 11 nitrogen and oxygen atoms in total. The zero-order valence-corrected chi connectivity index (χ0v) is 17.7. The monoisotopic (exact) mass is 440 g/mol. The van der Waals surface area contributed by atoms with Gasteiger partial charge >= 0.3 is 11.9 Å². The fraction of sp³-hybridized carbons (Fsp3) is 0.733. The number of nitrogens with one attached hydrogen (secondary N) is 3. The van der Waals surface area contributed by atoms with Crippen LogP contribution in [-0.2, 0) is 28.7 Å². The van der Waals surface area contributed by atoms with Gasteiger partial charge in [-0.3, -0.25) is 24.5 Å². The summed E-state index contributed by atoms with van der Waals surface area (Å²) in [5, 5.41) is 17.7. The lowest BCUT2D eigenvalue weighted by molar-refractivity contribution is -0.142. The Balaban J connectivity index is 4.63. The maximum absolute atomic E-state index is 12.3. The lowest BCUT2D eigenvalue weighted by Crippen LogP contribution is -2.51. The van der Waals surface area contributed by atoms with Crippen LogP contribution < -0.4 is 21.7 Å². The predicted molar refractivity (Wildman–Crippen MR) is 106 cm³/mol. The van der Waals surface area contributed by atoms with E-state index in [2.05, 4.69) is 25.4 Å². The number of methoxy groups -OCH3 is 2. The number of amides is 2. The highest BCUT2D eigenvalue weighted by atomic mass is 33.1. The average Bonchev–Trinajstić information content (AvgIpc) is 2.70. The van der Waals surface area contributed by atoms with Crippen molar-refractivity contribution in [2.24, 2.45) is 5.73 Å². The maximum atomic E-state index is 12.3. The number of ether oxygens (including phenoxy) is 2. The van der Waals surface area contributed by atoms with Crippen molar-refractivity contribution < 1.29 is 33.8 Å². The molecule has 28 heavy (non-hydrogen) atoms. The molecule has 0 saturated heterocycles. The van der Waals surface area contributed by atoms with E-state index < -0.39 is 36.2 Å². The molecule has 0 aromatic carbocycles. The Kier molecular flexibility index (Phi) is 14.5. The SMILES string of the molecule is CNC(=O)CSSCC(NC(O)CCC(N)C(=O)OC)C(=O)NCC(=O)OC. The van der Waals surface area contributed by atoms with Crippen LogP contribution in [0.3, 0.4) is 0 Å². The summed E-state index contributed by atoms with van der Waals surface area (Å²) in [5.74, 6) is -1.47. The highest BCUT2D eigenvalue weighted by Gasteiger charge is 2.23. The summed E-state index contributed by atoms with van der Waals surface area (Å²) >= 11 is 0. The van der Waals surface area contributed by atoms with Gasteiger partial charge in [-0.05, 0) is 12.8 Å². The molecule has 13 heteroatoms. The van der Waals surface area contributed by atoms with Crippen LogP contribution in [0.25, 0.3) is 0 Å². The molecule has 0 fully saturated rings. The molecule has 6 N–H and O–H groups in total. The first-order valence-corrected chi connectivity index (χ1v) is 10.8. The molecule has 162 valence electrons. The van der Waals surface area contributed by atoms with E-state index in [1.807, 2.05) is 0 Å². The molecule has 0 aliphatic carbocycles. The highest BCUT2D eigenvalue weighted by Crippen LogP contribution is 2.22. The van der Waals surface area contributed by atoms with Crippen molar-refractivity contribution in [2.45, 2.75) is 31.2 Å². The van der Waals surface area contributed by atoms with E-state index in [9.17, 15) is 24.3 Å². The summed E-state index contributed by atoms with van der Waals surface area (Å²) in [6, 6.07) is -1.73. The van der Waals surface area contributed by atoms with Crippen molar-refractivity contribution in [3.63, 3.8) is 0 Å². The highest BCUT2D eigenvalue weighted by molar-refractivity contribution is 8.76. The lowest BCUT2D eigenvalue weighted by atomic mass is 10.1. The molecule has 0 heterocycles. The maximum Gasteiger partial charge on any atom is 0.325 e. The Bertz CT molecular complexity index is 525. The van der Waals surface area contributed by atoms with Crippen molar-refractivity contribution in [3.8, 4) is 0 Å². The quantitative estimate of drug-likeness (QED) is 0.0873. The summed E-state index contributed by atoms with van der Waals surface area (Å²) in [7, 11) is 6.43. The fourth-order valence-electron chi connectivity index (χ4n) is 1.76. The minimum Gasteiger partial charge on any atom is -0.468 e. The van der Waals surface area contributed by atoms with Crippen LogP contribution in [-0.4, -0.2) is 86.5 Å². The van der Waals surface area contributed by atoms with Crippen molar-refractivity contribution in [1.29, 1.82) is 0 Å². The van der Waals surface area contributed by atoms with Gasteiger partial charge in [0.05, 0.1) is 26.0 Å². The number of rotatable bonds is 14. The third-order valence-corrected chi connectivity index (χ3v) is 5.66. The van der Waals surface area contributed by atoms with Gasteiger partial charge in [0.1, 0.15) is 18.8 Å². The van der Waals surface area contributed by atoms with Gasteiger partial charge in [0.2, 0.25) is 11.8 Å². The van der Waals surface area contributed by atoms with Gasteiger partial charge in [0, 0.05) is 12.8 Å². The molecule has 0 aliphatic rings. The van der Waals surface area contributed by atoms with Gasteiger partial charge in [-0.1, -0.05) is 21.6 Å². The van der Waals surface area contributed by atoms with Crippen LogP contribution in [0.4, 0.5) is 0 Å². The van der Waals surface area contributed by atoms with Crippen LogP contribution in [0.1, 0.15) is 12.8 Å². The second-order valence-electron chi connectivity index (χ2n) is 5.46.